The number of phenolic OH excluding ortho intramolecular Hbond substituents is 1. The van der Waals surface area contributed by atoms with Crippen molar-refractivity contribution in [3.05, 3.63) is 41.1 Å². The van der Waals surface area contributed by atoms with Crippen LogP contribution in [0, 0.1) is 13.8 Å². The maximum atomic E-state index is 9.50. The van der Waals surface area contributed by atoms with Crippen molar-refractivity contribution in [2.75, 3.05) is 0 Å². The molecule has 1 aromatic carbocycles. The predicted molar refractivity (Wildman–Crippen MR) is 68.0 cm³/mol. The first-order valence-corrected chi connectivity index (χ1v) is 5.74. The first kappa shape index (κ1) is 11.6. The van der Waals surface area contributed by atoms with Gasteiger partial charge in [-0.1, -0.05) is 6.92 Å². The SMILES string of the molecule is CCc1cc(O)ccc1-c1nncc(C)c1C. The maximum Gasteiger partial charge on any atom is 0.115 e. The minimum atomic E-state index is 0.295. The summed E-state index contributed by atoms with van der Waals surface area (Å²) in [5.74, 6) is 0.295. The van der Waals surface area contributed by atoms with Gasteiger partial charge < -0.3 is 5.11 Å². The Bertz CT molecular complexity index is 550. The number of aryl methyl sites for hydroxylation is 2. The normalized spacial score (nSPS) is 10.5. The average molecular weight is 228 g/mol. The number of aromatic nitrogens is 2. The second-order valence-electron chi connectivity index (χ2n) is 4.20. The van der Waals surface area contributed by atoms with Gasteiger partial charge in [0.2, 0.25) is 0 Å². The first-order valence-electron chi connectivity index (χ1n) is 5.74. The van der Waals surface area contributed by atoms with Crippen LogP contribution < -0.4 is 0 Å². The van der Waals surface area contributed by atoms with Crippen LogP contribution in [0.2, 0.25) is 0 Å². The summed E-state index contributed by atoms with van der Waals surface area (Å²) in [6.07, 6.45) is 2.63. The number of hydrogen-bond acceptors (Lipinski definition) is 3. The summed E-state index contributed by atoms with van der Waals surface area (Å²) in [6.45, 7) is 6.14. The van der Waals surface area contributed by atoms with E-state index in [9.17, 15) is 5.11 Å². The molecule has 88 valence electrons. The molecule has 3 nitrogen and oxygen atoms in total. The lowest BCUT2D eigenvalue weighted by atomic mass is 9.98. The summed E-state index contributed by atoms with van der Waals surface area (Å²) in [5.41, 5.74) is 5.32. The monoisotopic (exact) mass is 228 g/mol. The number of benzene rings is 1. The third-order valence-corrected chi connectivity index (χ3v) is 3.08. The molecule has 0 amide bonds. The van der Waals surface area contributed by atoms with Crippen molar-refractivity contribution in [3.63, 3.8) is 0 Å². The number of nitrogens with zero attached hydrogens (tertiary/aromatic N) is 2. The van der Waals surface area contributed by atoms with Crippen molar-refractivity contribution in [1.29, 1.82) is 0 Å². The van der Waals surface area contributed by atoms with Crippen LogP contribution in [0.15, 0.2) is 24.4 Å². The van der Waals surface area contributed by atoms with E-state index >= 15 is 0 Å². The van der Waals surface area contributed by atoms with Gasteiger partial charge in [-0.15, -0.1) is 0 Å². The van der Waals surface area contributed by atoms with Crippen LogP contribution >= 0.6 is 0 Å². The van der Waals surface area contributed by atoms with Crippen molar-refractivity contribution in [2.24, 2.45) is 0 Å². The van der Waals surface area contributed by atoms with Crippen LogP contribution in [0.5, 0.6) is 5.75 Å². The van der Waals surface area contributed by atoms with Gasteiger partial charge in [-0.05, 0) is 55.2 Å². The van der Waals surface area contributed by atoms with Gasteiger partial charge in [-0.3, -0.25) is 0 Å². The molecule has 17 heavy (non-hydrogen) atoms. The molecule has 1 N–H and O–H groups in total. The van der Waals surface area contributed by atoms with Crippen molar-refractivity contribution < 1.29 is 5.11 Å². The highest BCUT2D eigenvalue weighted by Gasteiger charge is 2.10. The van der Waals surface area contributed by atoms with E-state index in [1.807, 2.05) is 19.9 Å². The lowest BCUT2D eigenvalue weighted by molar-refractivity contribution is 0.474. The fourth-order valence-electron chi connectivity index (χ4n) is 1.89. The Labute approximate surface area is 101 Å². The van der Waals surface area contributed by atoms with E-state index < -0.39 is 0 Å². The van der Waals surface area contributed by atoms with Crippen LogP contribution in [0.3, 0.4) is 0 Å². The summed E-state index contributed by atoms with van der Waals surface area (Å²) in [7, 11) is 0. The van der Waals surface area contributed by atoms with Gasteiger partial charge in [-0.2, -0.15) is 10.2 Å². The van der Waals surface area contributed by atoms with Crippen molar-refractivity contribution >= 4 is 0 Å². The highest BCUT2D eigenvalue weighted by atomic mass is 16.3. The van der Waals surface area contributed by atoms with Gasteiger partial charge in [0, 0.05) is 5.56 Å². The predicted octanol–water partition coefficient (Wildman–Crippen LogP) is 3.03. The Morgan fingerprint density at radius 1 is 1.24 bits per heavy atom. The van der Waals surface area contributed by atoms with E-state index in [2.05, 4.69) is 17.1 Å². The van der Waals surface area contributed by atoms with Gasteiger partial charge in [0.15, 0.2) is 0 Å². The number of aromatic hydroxyl groups is 1. The summed E-state index contributed by atoms with van der Waals surface area (Å²) in [5, 5.41) is 17.7. The third kappa shape index (κ3) is 2.13. The molecule has 0 saturated carbocycles. The Kier molecular flexibility index (Phi) is 3.09. The topological polar surface area (TPSA) is 46.0 Å². The molecular weight excluding hydrogens is 212 g/mol. The quantitative estimate of drug-likeness (QED) is 0.859. The lowest BCUT2D eigenvalue weighted by Crippen LogP contribution is -1.97. The van der Waals surface area contributed by atoms with Crippen LogP contribution in [-0.2, 0) is 6.42 Å². The number of rotatable bonds is 2. The molecule has 2 aromatic rings. The largest absolute Gasteiger partial charge is 0.508 e. The van der Waals surface area contributed by atoms with Crippen LogP contribution in [0.1, 0.15) is 23.6 Å². The number of phenols is 1. The molecular formula is C14H16N2O. The minimum Gasteiger partial charge on any atom is -0.508 e. The maximum absolute atomic E-state index is 9.50. The van der Waals surface area contributed by atoms with Gasteiger partial charge in [-0.25, -0.2) is 0 Å². The molecule has 0 bridgehead atoms. The molecule has 0 atom stereocenters. The molecule has 0 aliphatic carbocycles. The van der Waals surface area contributed by atoms with Crippen LogP contribution in [-0.4, -0.2) is 15.3 Å². The zero-order valence-electron chi connectivity index (χ0n) is 10.4. The highest BCUT2D eigenvalue weighted by Crippen LogP contribution is 2.28. The summed E-state index contributed by atoms with van der Waals surface area (Å²) in [4.78, 5) is 0. The standard InChI is InChI=1S/C14H16N2O/c1-4-11-7-12(17)5-6-13(11)14-10(3)9(2)8-15-16-14/h5-8,17H,4H2,1-3H3. The number of hydrogen-bond donors (Lipinski definition) is 1. The van der Waals surface area contributed by atoms with Gasteiger partial charge >= 0.3 is 0 Å². The van der Waals surface area contributed by atoms with Crippen LogP contribution in [0.25, 0.3) is 11.3 Å². The minimum absolute atomic E-state index is 0.295. The smallest absolute Gasteiger partial charge is 0.115 e. The fraction of sp³-hybridized carbons (Fsp3) is 0.286. The summed E-state index contributed by atoms with van der Waals surface area (Å²) >= 11 is 0. The molecule has 0 aliphatic heterocycles. The van der Waals surface area contributed by atoms with E-state index in [-0.39, 0.29) is 0 Å². The van der Waals surface area contributed by atoms with Crippen molar-refractivity contribution in [2.45, 2.75) is 27.2 Å². The zero-order chi connectivity index (χ0) is 12.4. The van der Waals surface area contributed by atoms with E-state index in [1.165, 1.54) is 0 Å². The molecule has 0 radical (unpaired) electrons. The summed E-state index contributed by atoms with van der Waals surface area (Å²) in [6, 6.07) is 5.39. The lowest BCUT2D eigenvalue weighted by Gasteiger charge is -2.10. The molecule has 0 aliphatic rings. The fourth-order valence-corrected chi connectivity index (χ4v) is 1.89. The Morgan fingerprint density at radius 3 is 2.71 bits per heavy atom. The third-order valence-electron chi connectivity index (χ3n) is 3.08. The van der Waals surface area contributed by atoms with Gasteiger partial charge in [0.25, 0.3) is 0 Å². The van der Waals surface area contributed by atoms with E-state index in [1.54, 1.807) is 18.3 Å². The average Bonchev–Trinajstić information content (AvgIpc) is 2.33. The molecule has 0 fully saturated rings. The van der Waals surface area contributed by atoms with Crippen LogP contribution in [0.4, 0.5) is 0 Å². The van der Waals surface area contributed by atoms with E-state index in [4.69, 9.17) is 0 Å². The van der Waals surface area contributed by atoms with Crippen molar-refractivity contribution in [3.8, 4) is 17.0 Å². The Morgan fingerprint density at radius 2 is 2.00 bits per heavy atom. The van der Waals surface area contributed by atoms with Crippen molar-refractivity contribution in [1.82, 2.24) is 10.2 Å². The first-order chi connectivity index (χ1) is 8.13. The highest BCUT2D eigenvalue weighted by molar-refractivity contribution is 5.68. The molecule has 1 aromatic heterocycles. The Hall–Kier alpha value is -1.90. The molecule has 1 heterocycles. The van der Waals surface area contributed by atoms with E-state index in [0.717, 1.165) is 34.4 Å². The van der Waals surface area contributed by atoms with E-state index in [0.29, 0.717) is 5.75 Å². The van der Waals surface area contributed by atoms with Gasteiger partial charge in [0.05, 0.1) is 11.9 Å². The Balaban J connectivity index is 2.64. The second-order valence-corrected chi connectivity index (χ2v) is 4.20. The molecule has 0 saturated heterocycles. The molecule has 0 spiro atoms. The molecule has 0 unspecified atom stereocenters. The van der Waals surface area contributed by atoms with Gasteiger partial charge in [0.1, 0.15) is 5.75 Å². The molecule has 3 heteroatoms. The summed E-state index contributed by atoms with van der Waals surface area (Å²) < 4.78 is 0. The second kappa shape index (κ2) is 4.53. The molecule has 2 rings (SSSR count). The zero-order valence-corrected chi connectivity index (χ0v) is 10.4.